The zero-order chi connectivity index (χ0) is 21.1. The molecule has 7 heteroatoms. The van der Waals surface area contributed by atoms with E-state index in [9.17, 15) is 4.79 Å². The second-order valence-electron chi connectivity index (χ2n) is 6.56. The van der Waals surface area contributed by atoms with Gasteiger partial charge in [-0.2, -0.15) is 0 Å². The zero-order valence-corrected chi connectivity index (χ0v) is 17.6. The molecular weight excluding hydrogens is 400 g/mol. The standard InChI is InChI=1S/C23H20N2O4S/c1-14-6-8-15(9-7-14)20-23(25-21(26)18-5-4-12-29-18)30-22(24-20)16-10-11-17(27-2)19(13-16)28-3/h4-13H,1-3H3,(H,25,26). The number of thiazole rings is 1. The van der Waals surface area contributed by atoms with E-state index in [1.54, 1.807) is 26.4 Å². The van der Waals surface area contributed by atoms with Gasteiger partial charge in [-0.05, 0) is 37.3 Å². The van der Waals surface area contributed by atoms with Crippen molar-refractivity contribution < 1.29 is 18.7 Å². The average molecular weight is 420 g/mol. The van der Waals surface area contributed by atoms with Gasteiger partial charge in [-0.1, -0.05) is 41.2 Å². The molecule has 0 aliphatic rings. The van der Waals surface area contributed by atoms with Gasteiger partial charge in [0.15, 0.2) is 17.3 Å². The summed E-state index contributed by atoms with van der Waals surface area (Å²) in [6.45, 7) is 2.03. The maximum atomic E-state index is 12.6. The Morgan fingerprint density at radius 2 is 1.73 bits per heavy atom. The minimum atomic E-state index is -0.323. The number of nitrogens with one attached hydrogen (secondary N) is 1. The predicted molar refractivity (Wildman–Crippen MR) is 117 cm³/mol. The molecule has 1 amide bonds. The Morgan fingerprint density at radius 3 is 2.40 bits per heavy atom. The van der Waals surface area contributed by atoms with Crippen LogP contribution in [-0.2, 0) is 0 Å². The fraction of sp³-hybridized carbons (Fsp3) is 0.130. The van der Waals surface area contributed by atoms with E-state index in [0.29, 0.717) is 22.2 Å². The van der Waals surface area contributed by atoms with Crippen LogP contribution in [0.15, 0.2) is 65.3 Å². The van der Waals surface area contributed by atoms with Crippen LogP contribution in [0.4, 0.5) is 5.00 Å². The normalized spacial score (nSPS) is 10.6. The fourth-order valence-corrected chi connectivity index (χ4v) is 3.96. The van der Waals surface area contributed by atoms with Crippen LogP contribution in [0.25, 0.3) is 21.8 Å². The molecule has 0 radical (unpaired) electrons. The Kier molecular flexibility index (Phi) is 5.54. The van der Waals surface area contributed by atoms with Crippen LogP contribution in [0.2, 0.25) is 0 Å². The van der Waals surface area contributed by atoms with Crippen LogP contribution in [0.5, 0.6) is 11.5 Å². The summed E-state index contributed by atoms with van der Waals surface area (Å²) >= 11 is 1.39. The second kappa shape index (κ2) is 8.42. The van der Waals surface area contributed by atoms with Crippen molar-refractivity contribution in [1.29, 1.82) is 0 Å². The number of rotatable bonds is 6. The lowest BCUT2D eigenvalue weighted by Gasteiger charge is -2.08. The van der Waals surface area contributed by atoms with E-state index >= 15 is 0 Å². The van der Waals surface area contributed by atoms with Crippen molar-refractivity contribution in [3.8, 4) is 33.3 Å². The maximum Gasteiger partial charge on any atom is 0.292 e. The molecule has 0 bridgehead atoms. The average Bonchev–Trinajstić information content (AvgIpc) is 3.44. The molecule has 2 aromatic heterocycles. The summed E-state index contributed by atoms with van der Waals surface area (Å²) in [4.78, 5) is 17.4. The molecule has 4 rings (SSSR count). The number of benzene rings is 2. The largest absolute Gasteiger partial charge is 0.493 e. The molecule has 0 fully saturated rings. The van der Waals surface area contributed by atoms with Gasteiger partial charge in [0.1, 0.15) is 15.7 Å². The predicted octanol–water partition coefficient (Wildman–Crippen LogP) is 5.65. The topological polar surface area (TPSA) is 73.6 Å². The molecule has 6 nitrogen and oxygen atoms in total. The first kappa shape index (κ1) is 19.7. The Labute approximate surface area is 178 Å². The number of ether oxygens (including phenoxy) is 2. The highest BCUT2D eigenvalue weighted by Gasteiger charge is 2.19. The summed E-state index contributed by atoms with van der Waals surface area (Å²) < 4.78 is 16.0. The van der Waals surface area contributed by atoms with Crippen molar-refractivity contribution in [3.05, 3.63) is 72.2 Å². The van der Waals surface area contributed by atoms with Gasteiger partial charge >= 0.3 is 0 Å². The van der Waals surface area contributed by atoms with Crippen molar-refractivity contribution in [1.82, 2.24) is 4.98 Å². The van der Waals surface area contributed by atoms with Crippen molar-refractivity contribution in [2.45, 2.75) is 6.92 Å². The van der Waals surface area contributed by atoms with Gasteiger partial charge in [0, 0.05) is 11.1 Å². The third kappa shape index (κ3) is 3.92. The van der Waals surface area contributed by atoms with Gasteiger partial charge < -0.3 is 19.2 Å². The lowest BCUT2D eigenvalue weighted by molar-refractivity contribution is 0.0997. The lowest BCUT2D eigenvalue weighted by atomic mass is 10.1. The number of carbonyl (C=O) groups is 1. The summed E-state index contributed by atoms with van der Waals surface area (Å²) in [6.07, 6.45) is 1.47. The molecule has 30 heavy (non-hydrogen) atoms. The second-order valence-corrected chi connectivity index (χ2v) is 7.56. The first-order valence-electron chi connectivity index (χ1n) is 9.24. The molecular formula is C23H20N2O4S. The fourth-order valence-electron chi connectivity index (χ4n) is 2.98. The number of aryl methyl sites for hydroxylation is 1. The summed E-state index contributed by atoms with van der Waals surface area (Å²) in [7, 11) is 3.19. The van der Waals surface area contributed by atoms with Gasteiger partial charge in [0.2, 0.25) is 0 Å². The van der Waals surface area contributed by atoms with E-state index in [1.807, 2.05) is 49.4 Å². The minimum Gasteiger partial charge on any atom is -0.493 e. The Bertz CT molecular complexity index is 1160. The van der Waals surface area contributed by atoms with E-state index < -0.39 is 0 Å². The van der Waals surface area contributed by atoms with Gasteiger partial charge in [-0.15, -0.1) is 0 Å². The summed E-state index contributed by atoms with van der Waals surface area (Å²) in [5, 5.41) is 4.33. The third-order valence-corrected chi connectivity index (χ3v) is 5.57. The lowest BCUT2D eigenvalue weighted by Crippen LogP contribution is -2.10. The first-order chi connectivity index (χ1) is 14.6. The SMILES string of the molecule is COc1ccc(-c2nc(-c3ccc(C)cc3)c(NC(=O)c3ccco3)s2)cc1OC. The van der Waals surface area contributed by atoms with Crippen LogP contribution < -0.4 is 14.8 Å². The van der Waals surface area contributed by atoms with E-state index in [0.717, 1.165) is 21.7 Å². The van der Waals surface area contributed by atoms with Crippen LogP contribution in [-0.4, -0.2) is 25.1 Å². The highest BCUT2D eigenvalue weighted by atomic mass is 32.1. The van der Waals surface area contributed by atoms with Crippen molar-refractivity contribution in [2.24, 2.45) is 0 Å². The van der Waals surface area contributed by atoms with Gasteiger partial charge in [0.25, 0.3) is 5.91 Å². The number of hydrogen-bond donors (Lipinski definition) is 1. The first-order valence-corrected chi connectivity index (χ1v) is 10.1. The van der Waals surface area contributed by atoms with Gasteiger partial charge in [0.05, 0.1) is 20.5 Å². The number of hydrogen-bond acceptors (Lipinski definition) is 6. The molecule has 0 aliphatic carbocycles. The Morgan fingerprint density at radius 1 is 1.00 bits per heavy atom. The zero-order valence-electron chi connectivity index (χ0n) is 16.8. The van der Waals surface area contributed by atoms with Gasteiger partial charge in [-0.3, -0.25) is 4.79 Å². The molecule has 4 aromatic rings. The molecule has 0 saturated heterocycles. The molecule has 2 heterocycles. The van der Waals surface area contributed by atoms with Crippen LogP contribution >= 0.6 is 11.3 Å². The van der Waals surface area contributed by atoms with E-state index in [2.05, 4.69) is 5.32 Å². The number of amides is 1. The number of furan rings is 1. The highest BCUT2D eigenvalue weighted by molar-refractivity contribution is 7.19. The molecule has 0 aliphatic heterocycles. The number of anilines is 1. The molecule has 0 spiro atoms. The van der Waals surface area contributed by atoms with Crippen molar-refractivity contribution in [2.75, 3.05) is 19.5 Å². The van der Waals surface area contributed by atoms with Crippen molar-refractivity contribution in [3.63, 3.8) is 0 Å². The summed E-state index contributed by atoms with van der Waals surface area (Å²) in [5.41, 5.74) is 3.63. The monoisotopic (exact) mass is 420 g/mol. The molecule has 0 unspecified atom stereocenters. The summed E-state index contributed by atoms with van der Waals surface area (Å²) in [6, 6.07) is 16.9. The van der Waals surface area contributed by atoms with Gasteiger partial charge in [-0.25, -0.2) is 4.98 Å². The third-order valence-electron chi connectivity index (χ3n) is 4.55. The smallest absolute Gasteiger partial charge is 0.292 e. The number of methoxy groups -OCH3 is 2. The molecule has 0 saturated carbocycles. The number of nitrogens with zero attached hydrogens (tertiary/aromatic N) is 1. The number of aromatic nitrogens is 1. The molecule has 0 atom stereocenters. The minimum absolute atomic E-state index is 0.242. The van der Waals surface area contributed by atoms with E-state index in [-0.39, 0.29) is 11.7 Å². The quantitative estimate of drug-likeness (QED) is 0.436. The Hall–Kier alpha value is -3.58. The van der Waals surface area contributed by atoms with E-state index in [4.69, 9.17) is 18.9 Å². The Balaban J connectivity index is 1.77. The molecule has 152 valence electrons. The van der Waals surface area contributed by atoms with Crippen LogP contribution in [0.1, 0.15) is 16.1 Å². The van der Waals surface area contributed by atoms with E-state index in [1.165, 1.54) is 17.6 Å². The van der Waals surface area contributed by atoms with Crippen molar-refractivity contribution >= 4 is 22.2 Å². The highest BCUT2D eigenvalue weighted by Crippen LogP contribution is 2.40. The number of carbonyl (C=O) groups excluding carboxylic acids is 1. The maximum absolute atomic E-state index is 12.6. The van der Waals surface area contributed by atoms with Crippen LogP contribution in [0.3, 0.4) is 0 Å². The van der Waals surface area contributed by atoms with Crippen LogP contribution in [0, 0.1) is 6.92 Å². The summed E-state index contributed by atoms with van der Waals surface area (Å²) in [5.74, 6) is 1.17. The molecule has 2 aromatic carbocycles. The molecule has 1 N–H and O–H groups in total.